The van der Waals surface area contributed by atoms with Crippen molar-refractivity contribution in [3.05, 3.63) is 0 Å². The zero-order valence-corrected chi connectivity index (χ0v) is 9.12. The summed E-state index contributed by atoms with van der Waals surface area (Å²) in [5.74, 6) is -0.803. The molecule has 6 nitrogen and oxygen atoms in total. The minimum Gasteiger partial charge on any atom is -0.468 e. The van der Waals surface area contributed by atoms with E-state index in [1.54, 1.807) is 0 Å². The first-order valence-electron chi connectivity index (χ1n) is 4.79. The predicted molar refractivity (Wildman–Crippen MR) is 54.1 cm³/mol. The molecule has 0 radical (unpaired) electrons. The molecule has 0 aliphatic heterocycles. The Balaban J connectivity index is 3.55. The smallest absolute Gasteiger partial charge is 0.322 e. The van der Waals surface area contributed by atoms with Crippen LogP contribution in [0.3, 0.4) is 0 Å². The minimum atomic E-state index is -0.505. The molecule has 0 aliphatic carbocycles. The molecule has 0 rings (SSSR count). The lowest BCUT2D eigenvalue weighted by Gasteiger charge is -2.13. The highest BCUT2D eigenvalue weighted by molar-refractivity contribution is 5.75. The molecular weight excluding hydrogens is 200 g/mol. The van der Waals surface area contributed by atoms with Crippen LogP contribution in [-0.4, -0.2) is 44.8 Å². The van der Waals surface area contributed by atoms with E-state index in [0.29, 0.717) is 19.6 Å². The van der Waals surface area contributed by atoms with Gasteiger partial charge in [-0.05, 0) is 6.42 Å². The number of hydrogen-bond donors (Lipinski definition) is 2. The molecule has 0 aromatic rings. The Morgan fingerprint density at radius 1 is 1.47 bits per heavy atom. The molecule has 0 aliphatic rings. The Labute approximate surface area is 89.1 Å². The largest absolute Gasteiger partial charge is 0.468 e. The lowest BCUT2D eigenvalue weighted by atomic mass is 10.2. The number of primary amides is 1. The number of esters is 1. The van der Waals surface area contributed by atoms with Crippen LogP contribution >= 0.6 is 0 Å². The van der Waals surface area contributed by atoms with Gasteiger partial charge < -0.3 is 20.5 Å². The van der Waals surface area contributed by atoms with Gasteiger partial charge in [0, 0.05) is 6.54 Å². The number of carbonyl (C=O) groups is 2. The first-order valence-corrected chi connectivity index (χ1v) is 4.79. The molecular formula is C9H18N2O4. The van der Waals surface area contributed by atoms with E-state index in [0.717, 1.165) is 0 Å². The van der Waals surface area contributed by atoms with E-state index < -0.39 is 5.91 Å². The average Bonchev–Trinajstić information content (AvgIpc) is 2.22. The van der Waals surface area contributed by atoms with E-state index in [1.165, 1.54) is 7.11 Å². The van der Waals surface area contributed by atoms with E-state index in [9.17, 15) is 9.59 Å². The van der Waals surface area contributed by atoms with Gasteiger partial charge in [-0.15, -0.1) is 0 Å². The van der Waals surface area contributed by atoms with Crippen LogP contribution in [0.2, 0.25) is 0 Å². The van der Waals surface area contributed by atoms with Crippen molar-refractivity contribution in [2.75, 3.05) is 26.9 Å². The summed E-state index contributed by atoms with van der Waals surface area (Å²) in [4.78, 5) is 21.4. The van der Waals surface area contributed by atoms with E-state index in [-0.39, 0.29) is 18.6 Å². The van der Waals surface area contributed by atoms with Crippen LogP contribution in [-0.2, 0) is 19.1 Å². The third-order valence-electron chi connectivity index (χ3n) is 1.78. The van der Waals surface area contributed by atoms with Gasteiger partial charge in [-0.25, -0.2) is 0 Å². The van der Waals surface area contributed by atoms with Gasteiger partial charge in [0.05, 0.1) is 13.7 Å². The number of nitrogens with two attached hydrogens (primary N) is 1. The summed E-state index contributed by atoms with van der Waals surface area (Å²) in [5, 5.41) is 2.94. The van der Waals surface area contributed by atoms with Crippen LogP contribution in [0.15, 0.2) is 0 Å². The summed E-state index contributed by atoms with van der Waals surface area (Å²) in [7, 11) is 1.34. The SMILES string of the molecule is CCC(NCCOCC(N)=O)C(=O)OC. The van der Waals surface area contributed by atoms with Crippen molar-refractivity contribution < 1.29 is 19.1 Å². The van der Waals surface area contributed by atoms with Gasteiger partial charge in [0.25, 0.3) is 0 Å². The molecule has 0 heterocycles. The van der Waals surface area contributed by atoms with Crippen molar-refractivity contribution in [3.63, 3.8) is 0 Å². The molecule has 6 heteroatoms. The topological polar surface area (TPSA) is 90.6 Å². The summed E-state index contributed by atoms with van der Waals surface area (Å²) in [6.07, 6.45) is 0.641. The zero-order chi connectivity index (χ0) is 11.7. The highest BCUT2D eigenvalue weighted by Crippen LogP contribution is 1.92. The molecule has 1 amide bonds. The summed E-state index contributed by atoms with van der Waals surface area (Å²) < 4.78 is 9.50. The Morgan fingerprint density at radius 2 is 2.13 bits per heavy atom. The summed E-state index contributed by atoms with van der Waals surface area (Å²) in [5.41, 5.74) is 4.87. The van der Waals surface area contributed by atoms with Crippen LogP contribution in [0, 0.1) is 0 Å². The Morgan fingerprint density at radius 3 is 2.60 bits per heavy atom. The maximum atomic E-state index is 11.1. The first kappa shape index (κ1) is 13.9. The molecule has 0 saturated heterocycles. The molecule has 0 bridgehead atoms. The minimum absolute atomic E-state index is 0.101. The van der Waals surface area contributed by atoms with Crippen molar-refractivity contribution in [2.45, 2.75) is 19.4 Å². The summed E-state index contributed by atoms with van der Waals surface area (Å²) in [6, 6.07) is -0.327. The third-order valence-corrected chi connectivity index (χ3v) is 1.78. The van der Waals surface area contributed by atoms with Crippen molar-refractivity contribution in [1.29, 1.82) is 0 Å². The second kappa shape index (κ2) is 8.19. The number of hydrogen-bond acceptors (Lipinski definition) is 5. The fourth-order valence-corrected chi connectivity index (χ4v) is 1.01. The second-order valence-electron chi connectivity index (χ2n) is 2.96. The predicted octanol–water partition coefficient (Wildman–Crippen LogP) is -0.970. The number of amides is 1. The van der Waals surface area contributed by atoms with Crippen LogP contribution in [0.5, 0.6) is 0 Å². The summed E-state index contributed by atoms with van der Waals surface area (Å²) >= 11 is 0. The average molecular weight is 218 g/mol. The van der Waals surface area contributed by atoms with E-state index >= 15 is 0 Å². The third kappa shape index (κ3) is 6.87. The fraction of sp³-hybridized carbons (Fsp3) is 0.778. The van der Waals surface area contributed by atoms with Gasteiger partial charge in [0.1, 0.15) is 12.6 Å². The van der Waals surface area contributed by atoms with Crippen LogP contribution in [0.1, 0.15) is 13.3 Å². The molecule has 3 N–H and O–H groups in total. The highest BCUT2D eigenvalue weighted by atomic mass is 16.5. The fourth-order valence-electron chi connectivity index (χ4n) is 1.01. The number of ether oxygens (including phenoxy) is 2. The number of rotatable bonds is 8. The molecule has 0 aromatic carbocycles. The van der Waals surface area contributed by atoms with E-state index in [1.807, 2.05) is 6.92 Å². The zero-order valence-electron chi connectivity index (χ0n) is 9.12. The van der Waals surface area contributed by atoms with Gasteiger partial charge in [0.15, 0.2) is 0 Å². The van der Waals surface area contributed by atoms with Crippen LogP contribution in [0.25, 0.3) is 0 Å². The first-order chi connectivity index (χ1) is 7.11. The van der Waals surface area contributed by atoms with Gasteiger partial charge >= 0.3 is 5.97 Å². The standard InChI is InChI=1S/C9H18N2O4/c1-3-7(9(13)14-2)11-4-5-15-6-8(10)12/h7,11H,3-6H2,1-2H3,(H2,10,12). The molecule has 0 aromatic heterocycles. The van der Waals surface area contributed by atoms with E-state index in [2.05, 4.69) is 10.1 Å². The number of nitrogens with one attached hydrogen (secondary N) is 1. The van der Waals surface area contributed by atoms with Gasteiger partial charge in [-0.2, -0.15) is 0 Å². The van der Waals surface area contributed by atoms with Crippen LogP contribution < -0.4 is 11.1 Å². The molecule has 88 valence electrons. The van der Waals surface area contributed by atoms with Gasteiger partial charge in [0.2, 0.25) is 5.91 Å². The molecule has 0 fully saturated rings. The van der Waals surface area contributed by atoms with Crippen molar-refractivity contribution in [3.8, 4) is 0 Å². The quantitative estimate of drug-likeness (QED) is 0.404. The maximum Gasteiger partial charge on any atom is 0.322 e. The lowest BCUT2D eigenvalue weighted by molar-refractivity contribution is -0.143. The molecule has 15 heavy (non-hydrogen) atoms. The molecule has 0 spiro atoms. The number of methoxy groups -OCH3 is 1. The summed E-state index contributed by atoms with van der Waals surface area (Å²) in [6.45, 7) is 2.58. The lowest BCUT2D eigenvalue weighted by Crippen LogP contribution is -2.39. The highest BCUT2D eigenvalue weighted by Gasteiger charge is 2.15. The van der Waals surface area contributed by atoms with Crippen molar-refractivity contribution >= 4 is 11.9 Å². The Bertz CT molecular complexity index is 208. The van der Waals surface area contributed by atoms with Crippen molar-refractivity contribution in [1.82, 2.24) is 5.32 Å². The normalized spacial score (nSPS) is 12.1. The molecule has 0 saturated carbocycles. The Hall–Kier alpha value is -1.14. The maximum absolute atomic E-state index is 11.1. The molecule has 1 unspecified atom stereocenters. The van der Waals surface area contributed by atoms with Crippen LogP contribution in [0.4, 0.5) is 0 Å². The monoisotopic (exact) mass is 218 g/mol. The van der Waals surface area contributed by atoms with Crippen molar-refractivity contribution in [2.24, 2.45) is 5.73 Å². The van der Waals surface area contributed by atoms with Gasteiger partial charge in [-0.1, -0.05) is 6.92 Å². The molecule has 1 atom stereocenters. The number of carbonyl (C=O) groups excluding carboxylic acids is 2. The van der Waals surface area contributed by atoms with E-state index in [4.69, 9.17) is 10.5 Å². The second-order valence-corrected chi connectivity index (χ2v) is 2.96. The Kier molecular flexibility index (Phi) is 7.57. The van der Waals surface area contributed by atoms with Gasteiger partial charge in [-0.3, -0.25) is 9.59 Å².